The van der Waals surface area contributed by atoms with Crippen LogP contribution >= 0.6 is 11.6 Å². The molecule has 2 aromatic rings. The van der Waals surface area contributed by atoms with Gasteiger partial charge in [0.05, 0.1) is 18.2 Å². The number of amides is 2. The van der Waals surface area contributed by atoms with Crippen LogP contribution in [0.25, 0.3) is 0 Å². The van der Waals surface area contributed by atoms with E-state index in [9.17, 15) is 9.59 Å². The lowest BCUT2D eigenvalue weighted by molar-refractivity contribution is -0.130. The molecule has 0 atom stereocenters. The minimum atomic E-state index is -0.285. The van der Waals surface area contributed by atoms with Crippen LogP contribution in [0, 0.1) is 0 Å². The average Bonchev–Trinajstić information content (AvgIpc) is 3.33. The van der Waals surface area contributed by atoms with Gasteiger partial charge in [-0.25, -0.2) is 0 Å². The first-order valence-corrected chi connectivity index (χ1v) is 11.7. The Bertz CT molecular complexity index is 924. The number of hydrogen-bond donors (Lipinski definition) is 1. The van der Waals surface area contributed by atoms with Gasteiger partial charge in [-0.15, -0.1) is 0 Å². The van der Waals surface area contributed by atoms with Gasteiger partial charge in [0.2, 0.25) is 5.91 Å². The van der Waals surface area contributed by atoms with E-state index in [1.165, 1.54) is 0 Å². The Morgan fingerprint density at radius 2 is 1.78 bits per heavy atom. The molecule has 1 saturated heterocycles. The van der Waals surface area contributed by atoms with Crippen molar-refractivity contribution in [2.45, 2.75) is 46.0 Å². The zero-order valence-corrected chi connectivity index (χ0v) is 19.5. The van der Waals surface area contributed by atoms with Gasteiger partial charge in [-0.3, -0.25) is 9.59 Å². The molecule has 0 unspecified atom stereocenters. The van der Waals surface area contributed by atoms with Gasteiger partial charge in [-0.05, 0) is 62.4 Å². The Balaban J connectivity index is 1.61. The van der Waals surface area contributed by atoms with E-state index in [1.54, 1.807) is 12.1 Å². The number of carbonyl (C=O) groups is 2. The predicted molar refractivity (Wildman–Crippen MR) is 127 cm³/mol. The molecule has 172 valence electrons. The number of benzene rings is 2. The van der Waals surface area contributed by atoms with Crippen molar-refractivity contribution in [2.24, 2.45) is 0 Å². The number of nitrogens with one attached hydrogen (secondary N) is 1. The third-order valence-corrected chi connectivity index (χ3v) is 5.60. The minimum absolute atomic E-state index is 0.216. The molecule has 0 saturated carbocycles. The summed E-state index contributed by atoms with van der Waals surface area (Å²) in [5, 5.41) is 3.23. The second-order valence-corrected chi connectivity index (χ2v) is 8.21. The zero-order chi connectivity index (χ0) is 22.9. The van der Waals surface area contributed by atoms with E-state index < -0.39 is 0 Å². The standard InChI is InChI=1S/C25H31ClN2O4/c1-3-15-32-24-21(26)16-19(17-22(24)31-4-2)25(30)27-20-10-7-18(8-11-20)9-12-23(29)28-13-5-6-14-28/h7-8,10-11,16-17H,3-6,9,12-15H2,1-2H3,(H,27,30). The number of ether oxygens (including phenoxy) is 2. The van der Waals surface area contributed by atoms with Crippen molar-refractivity contribution in [1.29, 1.82) is 0 Å². The third kappa shape index (κ3) is 6.39. The molecular weight excluding hydrogens is 428 g/mol. The second kappa shape index (κ2) is 11.8. The molecular formula is C25H31ClN2O4. The summed E-state index contributed by atoms with van der Waals surface area (Å²) in [6.07, 6.45) is 4.25. The molecule has 1 aliphatic heterocycles. The van der Waals surface area contributed by atoms with E-state index in [-0.39, 0.29) is 11.8 Å². The molecule has 0 radical (unpaired) electrons. The molecule has 7 heteroatoms. The minimum Gasteiger partial charge on any atom is -0.490 e. The van der Waals surface area contributed by atoms with Gasteiger partial charge in [0.1, 0.15) is 0 Å². The maximum Gasteiger partial charge on any atom is 0.255 e. The van der Waals surface area contributed by atoms with Crippen molar-refractivity contribution in [2.75, 3.05) is 31.6 Å². The lowest BCUT2D eigenvalue weighted by atomic mass is 10.1. The first-order chi connectivity index (χ1) is 15.5. The highest BCUT2D eigenvalue weighted by Crippen LogP contribution is 2.37. The van der Waals surface area contributed by atoms with Gasteiger partial charge in [0.25, 0.3) is 5.91 Å². The maximum atomic E-state index is 12.8. The third-order valence-electron chi connectivity index (χ3n) is 5.32. The number of rotatable bonds is 10. The Morgan fingerprint density at radius 3 is 2.44 bits per heavy atom. The molecule has 1 fully saturated rings. The van der Waals surface area contributed by atoms with E-state index >= 15 is 0 Å². The molecule has 6 nitrogen and oxygen atoms in total. The van der Waals surface area contributed by atoms with E-state index in [0.29, 0.717) is 53.8 Å². The number of hydrogen-bond acceptors (Lipinski definition) is 4. The van der Waals surface area contributed by atoms with Gasteiger partial charge in [-0.2, -0.15) is 0 Å². The number of aryl methyl sites for hydroxylation is 1. The van der Waals surface area contributed by atoms with E-state index in [2.05, 4.69) is 5.32 Å². The average molecular weight is 459 g/mol. The molecule has 0 aliphatic carbocycles. The summed E-state index contributed by atoms with van der Waals surface area (Å²) >= 11 is 6.37. The molecule has 2 aromatic carbocycles. The van der Waals surface area contributed by atoms with Crippen molar-refractivity contribution < 1.29 is 19.1 Å². The van der Waals surface area contributed by atoms with Crippen LogP contribution in [-0.2, 0) is 11.2 Å². The smallest absolute Gasteiger partial charge is 0.255 e. The predicted octanol–water partition coefficient (Wildman–Crippen LogP) is 5.33. The summed E-state index contributed by atoms with van der Waals surface area (Å²) in [6.45, 7) is 6.58. The van der Waals surface area contributed by atoms with Crippen LogP contribution in [0.2, 0.25) is 5.02 Å². The van der Waals surface area contributed by atoms with Gasteiger partial charge >= 0.3 is 0 Å². The van der Waals surface area contributed by atoms with Crippen molar-refractivity contribution in [3.05, 3.63) is 52.5 Å². The largest absolute Gasteiger partial charge is 0.490 e. The van der Waals surface area contributed by atoms with Crippen LogP contribution in [0.5, 0.6) is 11.5 Å². The van der Waals surface area contributed by atoms with Crippen LogP contribution in [0.3, 0.4) is 0 Å². The lowest BCUT2D eigenvalue weighted by Gasteiger charge is -2.15. The zero-order valence-electron chi connectivity index (χ0n) is 18.8. The fourth-order valence-electron chi connectivity index (χ4n) is 3.64. The fraction of sp³-hybridized carbons (Fsp3) is 0.440. The van der Waals surface area contributed by atoms with Crippen LogP contribution in [-0.4, -0.2) is 43.0 Å². The summed E-state index contributed by atoms with van der Waals surface area (Å²) in [6, 6.07) is 10.8. The molecule has 0 aromatic heterocycles. The maximum absolute atomic E-state index is 12.8. The highest BCUT2D eigenvalue weighted by Gasteiger charge is 2.18. The van der Waals surface area contributed by atoms with Crippen LogP contribution < -0.4 is 14.8 Å². The van der Waals surface area contributed by atoms with Crippen molar-refractivity contribution in [3.8, 4) is 11.5 Å². The molecule has 3 rings (SSSR count). The second-order valence-electron chi connectivity index (χ2n) is 7.81. The molecule has 1 aliphatic rings. The van der Waals surface area contributed by atoms with Gasteiger partial charge in [0.15, 0.2) is 11.5 Å². The van der Waals surface area contributed by atoms with Gasteiger partial charge in [0, 0.05) is 30.8 Å². The van der Waals surface area contributed by atoms with E-state index in [0.717, 1.165) is 37.9 Å². The highest BCUT2D eigenvalue weighted by atomic mass is 35.5. The summed E-state index contributed by atoms with van der Waals surface area (Å²) in [7, 11) is 0. The molecule has 1 heterocycles. The van der Waals surface area contributed by atoms with Crippen molar-refractivity contribution >= 4 is 29.1 Å². The first kappa shape index (κ1) is 23.9. The summed E-state index contributed by atoms with van der Waals surface area (Å²) in [4.78, 5) is 26.9. The molecule has 2 amide bonds. The monoisotopic (exact) mass is 458 g/mol. The summed E-state index contributed by atoms with van der Waals surface area (Å²) < 4.78 is 11.3. The van der Waals surface area contributed by atoms with Crippen LogP contribution in [0.1, 0.15) is 55.5 Å². The Morgan fingerprint density at radius 1 is 1.06 bits per heavy atom. The van der Waals surface area contributed by atoms with E-state index in [4.69, 9.17) is 21.1 Å². The Kier molecular flexibility index (Phi) is 8.80. The summed E-state index contributed by atoms with van der Waals surface area (Å²) in [5.74, 6) is 0.844. The Hall–Kier alpha value is -2.73. The molecule has 32 heavy (non-hydrogen) atoms. The Labute approximate surface area is 194 Å². The highest BCUT2D eigenvalue weighted by molar-refractivity contribution is 6.32. The first-order valence-electron chi connectivity index (χ1n) is 11.3. The van der Waals surface area contributed by atoms with Crippen molar-refractivity contribution in [3.63, 3.8) is 0 Å². The van der Waals surface area contributed by atoms with Crippen molar-refractivity contribution in [1.82, 2.24) is 4.90 Å². The van der Waals surface area contributed by atoms with Crippen LogP contribution in [0.4, 0.5) is 5.69 Å². The van der Waals surface area contributed by atoms with Gasteiger partial charge in [-0.1, -0.05) is 30.7 Å². The van der Waals surface area contributed by atoms with Crippen LogP contribution in [0.15, 0.2) is 36.4 Å². The number of likely N-dealkylation sites (tertiary alicyclic amines) is 1. The number of nitrogens with zero attached hydrogens (tertiary/aromatic N) is 1. The van der Waals surface area contributed by atoms with E-state index in [1.807, 2.05) is 43.0 Å². The lowest BCUT2D eigenvalue weighted by Crippen LogP contribution is -2.27. The molecule has 1 N–H and O–H groups in total. The fourth-order valence-corrected chi connectivity index (χ4v) is 3.91. The summed E-state index contributed by atoms with van der Waals surface area (Å²) in [5.41, 5.74) is 2.13. The SMILES string of the molecule is CCCOc1c(Cl)cc(C(=O)Nc2ccc(CCC(=O)N3CCCC3)cc2)cc1OCC. The number of carbonyl (C=O) groups excluding carboxylic acids is 2. The number of anilines is 1. The number of halogens is 1. The van der Waals surface area contributed by atoms with Gasteiger partial charge < -0.3 is 19.7 Å². The quantitative estimate of drug-likeness (QED) is 0.522. The topological polar surface area (TPSA) is 67.9 Å². The normalized spacial score (nSPS) is 13.2. The molecule has 0 bridgehead atoms. The molecule has 0 spiro atoms.